The lowest BCUT2D eigenvalue weighted by molar-refractivity contribution is -0.167. The standard InChI is InChI=1S/C76H136O6/c1-4-7-10-13-16-19-22-25-28-31-33-35-37-38-40-41-43-45-48-51-54-57-60-63-66-69-75(78)81-72-73(71-80-74(77)68-65-62-59-56-53-50-47-30-27-24-21-18-15-12-9-6-3)82-76(79)70-67-64-61-58-55-52-49-46-44-42-39-36-34-32-29-26-23-20-17-14-11-8-5-2/h7,10,16,19,21,24-25,28,30,33,35,47,73H,4-6,8-9,11-15,17-18,20,22-23,26-27,29,31-32,34,36-46,48-72H2,1-3H3/b10-7-,19-16-,24-21-,28-25-,35-33-,47-30-. The summed E-state index contributed by atoms with van der Waals surface area (Å²) in [6.45, 7) is 6.56. The Hall–Kier alpha value is -3.15. The van der Waals surface area contributed by atoms with Gasteiger partial charge in [0.2, 0.25) is 0 Å². The quantitative estimate of drug-likeness (QED) is 0.0261. The Morgan fingerprint density at radius 3 is 0.756 bits per heavy atom. The van der Waals surface area contributed by atoms with Crippen molar-refractivity contribution in [1.82, 2.24) is 0 Å². The van der Waals surface area contributed by atoms with Crippen molar-refractivity contribution in [3.63, 3.8) is 0 Å². The van der Waals surface area contributed by atoms with Crippen LogP contribution in [0.25, 0.3) is 0 Å². The van der Waals surface area contributed by atoms with Crippen LogP contribution in [0.2, 0.25) is 0 Å². The number of allylic oxidation sites excluding steroid dienone is 12. The number of carbonyl (C=O) groups is 3. The van der Waals surface area contributed by atoms with E-state index in [4.69, 9.17) is 14.2 Å². The molecule has 1 atom stereocenters. The third-order valence-corrected chi connectivity index (χ3v) is 15.9. The largest absolute Gasteiger partial charge is 0.462 e. The zero-order chi connectivity index (χ0) is 59.2. The van der Waals surface area contributed by atoms with Gasteiger partial charge in [0, 0.05) is 19.3 Å². The van der Waals surface area contributed by atoms with Gasteiger partial charge in [0.15, 0.2) is 6.10 Å². The van der Waals surface area contributed by atoms with Crippen LogP contribution in [-0.2, 0) is 28.6 Å². The van der Waals surface area contributed by atoms with Crippen LogP contribution in [0.3, 0.4) is 0 Å². The van der Waals surface area contributed by atoms with Gasteiger partial charge < -0.3 is 14.2 Å². The van der Waals surface area contributed by atoms with Gasteiger partial charge in [-0.25, -0.2) is 0 Å². The predicted octanol–water partition coefficient (Wildman–Crippen LogP) is 24.8. The van der Waals surface area contributed by atoms with Gasteiger partial charge in [-0.15, -0.1) is 0 Å². The first kappa shape index (κ1) is 78.8. The molecule has 82 heavy (non-hydrogen) atoms. The Balaban J connectivity index is 4.31. The third kappa shape index (κ3) is 67.6. The van der Waals surface area contributed by atoms with Crippen molar-refractivity contribution in [2.24, 2.45) is 0 Å². The van der Waals surface area contributed by atoms with Crippen LogP contribution in [0.4, 0.5) is 0 Å². The molecule has 476 valence electrons. The number of carbonyl (C=O) groups excluding carboxylic acids is 3. The van der Waals surface area contributed by atoms with Crippen molar-refractivity contribution in [2.45, 2.75) is 380 Å². The van der Waals surface area contributed by atoms with Gasteiger partial charge in [-0.2, -0.15) is 0 Å². The highest BCUT2D eigenvalue weighted by molar-refractivity contribution is 5.71. The van der Waals surface area contributed by atoms with Gasteiger partial charge in [-0.3, -0.25) is 14.4 Å². The van der Waals surface area contributed by atoms with Gasteiger partial charge in [0.05, 0.1) is 0 Å². The number of hydrogen-bond donors (Lipinski definition) is 0. The fourth-order valence-corrected chi connectivity index (χ4v) is 10.6. The van der Waals surface area contributed by atoms with Crippen LogP contribution in [0.5, 0.6) is 0 Å². The molecule has 0 N–H and O–H groups in total. The average molecular weight is 1150 g/mol. The second kappa shape index (κ2) is 70.3. The Kier molecular flexibility index (Phi) is 67.6. The highest BCUT2D eigenvalue weighted by Crippen LogP contribution is 2.18. The molecule has 0 spiro atoms. The predicted molar refractivity (Wildman–Crippen MR) is 358 cm³/mol. The highest BCUT2D eigenvalue weighted by Gasteiger charge is 2.19. The van der Waals surface area contributed by atoms with Crippen LogP contribution < -0.4 is 0 Å². The summed E-state index contributed by atoms with van der Waals surface area (Å²) in [5.74, 6) is -0.868. The van der Waals surface area contributed by atoms with E-state index in [2.05, 4.69) is 93.7 Å². The number of hydrogen-bond acceptors (Lipinski definition) is 6. The molecule has 0 aliphatic rings. The summed E-state index contributed by atoms with van der Waals surface area (Å²) in [6.07, 6.45) is 92.1. The molecule has 0 radical (unpaired) electrons. The van der Waals surface area contributed by atoms with Gasteiger partial charge in [-0.1, -0.05) is 338 Å². The molecule has 6 nitrogen and oxygen atoms in total. The minimum atomic E-state index is -0.782. The monoisotopic (exact) mass is 1150 g/mol. The molecule has 0 aliphatic heterocycles. The van der Waals surface area contributed by atoms with Crippen molar-refractivity contribution in [2.75, 3.05) is 13.2 Å². The van der Waals surface area contributed by atoms with E-state index in [1.807, 2.05) is 0 Å². The topological polar surface area (TPSA) is 78.9 Å². The summed E-state index contributed by atoms with van der Waals surface area (Å²) in [4.78, 5) is 38.5. The van der Waals surface area contributed by atoms with Crippen LogP contribution in [0.15, 0.2) is 72.9 Å². The summed E-state index contributed by atoms with van der Waals surface area (Å²) < 4.78 is 17.0. The highest BCUT2D eigenvalue weighted by atomic mass is 16.6. The number of unbranched alkanes of at least 4 members (excludes halogenated alkanes) is 43. The fraction of sp³-hybridized carbons (Fsp3) is 0.803. The smallest absolute Gasteiger partial charge is 0.306 e. The lowest BCUT2D eigenvalue weighted by Gasteiger charge is -2.18. The molecule has 0 saturated heterocycles. The minimum Gasteiger partial charge on any atom is -0.462 e. The van der Waals surface area contributed by atoms with Crippen LogP contribution in [-0.4, -0.2) is 37.2 Å². The first-order valence-corrected chi connectivity index (χ1v) is 35.9. The molecule has 6 heteroatoms. The van der Waals surface area contributed by atoms with E-state index in [1.165, 1.54) is 231 Å². The lowest BCUT2D eigenvalue weighted by atomic mass is 10.0. The summed E-state index contributed by atoms with van der Waals surface area (Å²) in [7, 11) is 0. The van der Waals surface area contributed by atoms with Crippen molar-refractivity contribution >= 4 is 17.9 Å². The summed E-state index contributed by atoms with van der Waals surface area (Å²) >= 11 is 0. The Morgan fingerprint density at radius 2 is 0.476 bits per heavy atom. The fourth-order valence-electron chi connectivity index (χ4n) is 10.6. The normalized spacial score (nSPS) is 12.5. The molecule has 0 heterocycles. The summed E-state index contributed by atoms with van der Waals surface area (Å²) in [5.41, 5.74) is 0. The van der Waals surface area contributed by atoms with Gasteiger partial charge in [0.1, 0.15) is 13.2 Å². The molecule has 0 amide bonds. The maximum absolute atomic E-state index is 13.0. The first-order valence-electron chi connectivity index (χ1n) is 35.9. The zero-order valence-corrected chi connectivity index (χ0v) is 54.8. The summed E-state index contributed by atoms with van der Waals surface area (Å²) in [5, 5.41) is 0. The van der Waals surface area contributed by atoms with Crippen molar-refractivity contribution in [1.29, 1.82) is 0 Å². The molecule has 0 aliphatic carbocycles. The molecule has 0 aromatic carbocycles. The molecule has 0 rings (SSSR count). The number of ether oxygens (including phenoxy) is 3. The third-order valence-electron chi connectivity index (χ3n) is 15.9. The average Bonchev–Trinajstić information content (AvgIpc) is 3.47. The van der Waals surface area contributed by atoms with Crippen molar-refractivity contribution < 1.29 is 28.6 Å². The minimum absolute atomic E-state index is 0.0771. The zero-order valence-electron chi connectivity index (χ0n) is 54.8. The number of esters is 3. The Bertz CT molecular complexity index is 1500. The van der Waals surface area contributed by atoms with E-state index in [0.717, 1.165) is 103 Å². The second-order valence-electron chi connectivity index (χ2n) is 24.1. The van der Waals surface area contributed by atoms with E-state index >= 15 is 0 Å². The van der Waals surface area contributed by atoms with Gasteiger partial charge in [-0.05, 0) is 89.9 Å². The molecule has 0 fully saturated rings. The van der Waals surface area contributed by atoms with Crippen LogP contribution in [0, 0.1) is 0 Å². The Labute approximate surface area is 510 Å². The number of rotatable bonds is 66. The van der Waals surface area contributed by atoms with Crippen molar-refractivity contribution in [3.05, 3.63) is 72.9 Å². The lowest BCUT2D eigenvalue weighted by Crippen LogP contribution is -2.30. The maximum atomic E-state index is 13.0. The maximum Gasteiger partial charge on any atom is 0.306 e. The van der Waals surface area contributed by atoms with E-state index in [-0.39, 0.29) is 31.1 Å². The first-order chi connectivity index (χ1) is 40.5. The van der Waals surface area contributed by atoms with Crippen LogP contribution in [0.1, 0.15) is 374 Å². The Morgan fingerprint density at radius 1 is 0.256 bits per heavy atom. The SMILES string of the molecule is CC/C=C\C/C=C\C/C=C\C/C=C\CCCCCCCCCCCCCCC(=O)OCC(COC(=O)CCCCCCC/C=C\C/C=C\CCCCCC)OC(=O)CCCCCCCCCCCCCCCCCCCCCCCCC. The summed E-state index contributed by atoms with van der Waals surface area (Å²) in [6, 6.07) is 0. The molecule has 1 unspecified atom stereocenters. The van der Waals surface area contributed by atoms with Gasteiger partial charge >= 0.3 is 17.9 Å². The molecule has 0 aromatic rings. The molecular formula is C76H136O6. The van der Waals surface area contributed by atoms with E-state index < -0.39 is 6.10 Å². The van der Waals surface area contributed by atoms with Crippen LogP contribution >= 0.6 is 0 Å². The second-order valence-corrected chi connectivity index (χ2v) is 24.1. The van der Waals surface area contributed by atoms with Gasteiger partial charge in [0.25, 0.3) is 0 Å². The molecule has 0 aromatic heterocycles. The molecular weight excluding hydrogens is 1010 g/mol. The van der Waals surface area contributed by atoms with E-state index in [0.29, 0.717) is 19.3 Å². The van der Waals surface area contributed by atoms with E-state index in [9.17, 15) is 14.4 Å². The van der Waals surface area contributed by atoms with Crippen molar-refractivity contribution in [3.8, 4) is 0 Å². The molecule has 0 bridgehead atoms. The van der Waals surface area contributed by atoms with E-state index in [1.54, 1.807) is 0 Å². The molecule has 0 saturated carbocycles.